The average Bonchev–Trinajstić information content (AvgIpc) is 2.30. The minimum absolute atomic E-state index is 0.0830. The van der Waals surface area contributed by atoms with Crippen molar-refractivity contribution >= 4 is 5.91 Å². The van der Waals surface area contributed by atoms with Crippen LogP contribution in [0.3, 0.4) is 0 Å². The van der Waals surface area contributed by atoms with E-state index in [9.17, 15) is 9.90 Å². The predicted octanol–water partition coefficient (Wildman–Crippen LogP) is 1.51. The number of aryl methyl sites for hydroxylation is 1. The number of phenols is 1. The standard InChI is InChI=1S/C14H20N2O2/c1-9-4-3-5-12(13(9)17)14(18)16(2)8-10-6-11(15)7-10/h3-5,10-11,17H,6-8,15H2,1-2H3. The summed E-state index contributed by atoms with van der Waals surface area (Å²) < 4.78 is 0. The Kier molecular flexibility index (Phi) is 3.57. The largest absolute Gasteiger partial charge is 0.507 e. The summed E-state index contributed by atoms with van der Waals surface area (Å²) in [5.74, 6) is 0.456. The molecular weight excluding hydrogens is 228 g/mol. The summed E-state index contributed by atoms with van der Waals surface area (Å²) in [7, 11) is 1.77. The molecule has 0 spiro atoms. The molecule has 1 saturated carbocycles. The van der Waals surface area contributed by atoms with Crippen LogP contribution < -0.4 is 5.73 Å². The molecule has 2 rings (SSSR count). The van der Waals surface area contributed by atoms with E-state index < -0.39 is 0 Å². The number of phenolic OH excluding ortho intramolecular Hbond substituents is 1. The van der Waals surface area contributed by atoms with Crippen LogP contribution in [0.1, 0.15) is 28.8 Å². The third kappa shape index (κ3) is 2.48. The summed E-state index contributed by atoms with van der Waals surface area (Å²) >= 11 is 0. The molecule has 0 aromatic heterocycles. The fraction of sp³-hybridized carbons (Fsp3) is 0.500. The Labute approximate surface area is 107 Å². The van der Waals surface area contributed by atoms with Crippen molar-refractivity contribution in [1.29, 1.82) is 0 Å². The number of aromatic hydroxyl groups is 1. The van der Waals surface area contributed by atoms with Crippen LogP contribution in [-0.2, 0) is 0 Å². The Bertz CT molecular complexity index is 453. The van der Waals surface area contributed by atoms with Gasteiger partial charge in [-0.2, -0.15) is 0 Å². The Hall–Kier alpha value is -1.55. The number of para-hydroxylation sites is 1. The Morgan fingerprint density at radius 3 is 2.78 bits per heavy atom. The van der Waals surface area contributed by atoms with Gasteiger partial charge in [0.2, 0.25) is 0 Å². The maximum atomic E-state index is 12.2. The van der Waals surface area contributed by atoms with E-state index in [1.54, 1.807) is 37.1 Å². The van der Waals surface area contributed by atoms with Gasteiger partial charge in [0.15, 0.2) is 0 Å². The first kappa shape index (κ1) is 12.9. The van der Waals surface area contributed by atoms with E-state index in [-0.39, 0.29) is 11.7 Å². The van der Waals surface area contributed by atoms with Crippen LogP contribution in [0, 0.1) is 12.8 Å². The van der Waals surface area contributed by atoms with Crippen LogP contribution in [0.4, 0.5) is 0 Å². The number of carbonyl (C=O) groups excluding carboxylic acids is 1. The summed E-state index contributed by atoms with van der Waals surface area (Å²) in [5, 5.41) is 9.90. The maximum Gasteiger partial charge on any atom is 0.257 e. The molecular formula is C14H20N2O2. The number of amides is 1. The molecule has 4 heteroatoms. The summed E-state index contributed by atoms with van der Waals surface area (Å²) in [6.07, 6.45) is 1.97. The van der Waals surface area contributed by atoms with Gasteiger partial charge in [0.1, 0.15) is 5.75 Å². The zero-order valence-electron chi connectivity index (χ0n) is 10.9. The van der Waals surface area contributed by atoms with Gasteiger partial charge in [-0.05, 0) is 37.3 Å². The SMILES string of the molecule is Cc1cccc(C(=O)N(C)CC2CC(N)C2)c1O. The highest BCUT2D eigenvalue weighted by Crippen LogP contribution is 2.28. The van der Waals surface area contributed by atoms with Crippen molar-refractivity contribution in [2.24, 2.45) is 11.7 Å². The quantitative estimate of drug-likeness (QED) is 0.852. The average molecular weight is 248 g/mol. The van der Waals surface area contributed by atoms with Crippen LogP contribution in [0.2, 0.25) is 0 Å². The van der Waals surface area contributed by atoms with Crippen molar-refractivity contribution in [3.05, 3.63) is 29.3 Å². The number of benzene rings is 1. The third-order valence-electron chi connectivity index (χ3n) is 3.62. The maximum absolute atomic E-state index is 12.2. The number of hydrogen-bond acceptors (Lipinski definition) is 3. The Morgan fingerprint density at radius 2 is 2.17 bits per heavy atom. The van der Waals surface area contributed by atoms with Gasteiger partial charge in [0.25, 0.3) is 5.91 Å². The van der Waals surface area contributed by atoms with Crippen LogP contribution in [-0.4, -0.2) is 35.5 Å². The van der Waals surface area contributed by atoms with Crippen molar-refractivity contribution in [2.75, 3.05) is 13.6 Å². The van der Waals surface area contributed by atoms with E-state index in [0.717, 1.165) is 18.4 Å². The lowest BCUT2D eigenvalue weighted by Crippen LogP contribution is -2.43. The zero-order chi connectivity index (χ0) is 13.3. The smallest absolute Gasteiger partial charge is 0.257 e. The molecule has 0 saturated heterocycles. The topological polar surface area (TPSA) is 66.6 Å². The second-order valence-corrected chi connectivity index (χ2v) is 5.25. The minimum Gasteiger partial charge on any atom is -0.507 e. The summed E-state index contributed by atoms with van der Waals surface area (Å²) in [4.78, 5) is 13.9. The van der Waals surface area contributed by atoms with Gasteiger partial charge in [0, 0.05) is 19.6 Å². The van der Waals surface area contributed by atoms with E-state index in [1.165, 1.54) is 0 Å². The van der Waals surface area contributed by atoms with Crippen LogP contribution >= 0.6 is 0 Å². The molecule has 4 nitrogen and oxygen atoms in total. The molecule has 0 atom stereocenters. The number of carbonyl (C=O) groups is 1. The van der Waals surface area contributed by atoms with Gasteiger partial charge in [-0.3, -0.25) is 4.79 Å². The molecule has 1 aromatic rings. The number of nitrogens with two attached hydrogens (primary N) is 1. The van der Waals surface area contributed by atoms with Crippen molar-refractivity contribution in [3.8, 4) is 5.75 Å². The second kappa shape index (κ2) is 4.98. The number of nitrogens with zero attached hydrogens (tertiary/aromatic N) is 1. The molecule has 1 amide bonds. The van der Waals surface area contributed by atoms with Crippen molar-refractivity contribution in [3.63, 3.8) is 0 Å². The highest BCUT2D eigenvalue weighted by molar-refractivity contribution is 5.97. The van der Waals surface area contributed by atoms with Gasteiger partial charge in [-0.25, -0.2) is 0 Å². The monoisotopic (exact) mass is 248 g/mol. The highest BCUT2D eigenvalue weighted by Gasteiger charge is 2.28. The van der Waals surface area contributed by atoms with E-state index >= 15 is 0 Å². The molecule has 0 bridgehead atoms. The molecule has 3 N–H and O–H groups in total. The third-order valence-corrected chi connectivity index (χ3v) is 3.62. The second-order valence-electron chi connectivity index (χ2n) is 5.25. The highest BCUT2D eigenvalue weighted by atomic mass is 16.3. The Morgan fingerprint density at radius 1 is 1.50 bits per heavy atom. The molecule has 1 aromatic carbocycles. The van der Waals surface area contributed by atoms with Crippen LogP contribution in [0.25, 0.3) is 0 Å². The van der Waals surface area contributed by atoms with Crippen LogP contribution in [0.15, 0.2) is 18.2 Å². The lowest BCUT2D eigenvalue weighted by atomic mass is 9.80. The van der Waals surface area contributed by atoms with Crippen molar-refractivity contribution in [2.45, 2.75) is 25.8 Å². The van der Waals surface area contributed by atoms with E-state index in [4.69, 9.17) is 5.73 Å². The first-order valence-corrected chi connectivity index (χ1v) is 6.28. The minimum atomic E-state index is -0.128. The fourth-order valence-electron chi connectivity index (χ4n) is 2.44. The zero-order valence-corrected chi connectivity index (χ0v) is 10.9. The molecule has 98 valence electrons. The van der Waals surface area contributed by atoms with E-state index in [1.807, 2.05) is 0 Å². The van der Waals surface area contributed by atoms with E-state index in [2.05, 4.69) is 0 Å². The van der Waals surface area contributed by atoms with Gasteiger partial charge in [0.05, 0.1) is 5.56 Å². The van der Waals surface area contributed by atoms with Crippen molar-refractivity contribution in [1.82, 2.24) is 4.90 Å². The molecule has 18 heavy (non-hydrogen) atoms. The predicted molar refractivity (Wildman–Crippen MR) is 70.5 cm³/mol. The summed E-state index contributed by atoms with van der Waals surface area (Å²) in [6, 6.07) is 5.53. The normalized spacial score (nSPS) is 22.4. The molecule has 0 radical (unpaired) electrons. The molecule has 0 aliphatic heterocycles. The lowest BCUT2D eigenvalue weighted by molar-refractivity contribution is 0.0731. The van der Waals surface area contributed by atoms with Crippen LogP contribution in [0.5, 0.6) is 5.75 Å². The lowest BCUT2D eigenvalue weighted by Gasteiger charge is -2.35. The van der Waals surface area contributed by atoms with Gasteiger partial charge < -0.3 is 15.7 Å². The number of hydrogen-bond donors (Lipinski definition) is 2. The molecule has 0 heterocycles. The fourth-order valence-corrected chi connectivity index (χ4v) is 2.44. The molecule has 1 aliphatic carbocycles. The number of rotatable bonds is 3. The first-order chi connectivity index (χ1) is 8.49. The summed E-state index contributed by atoms with van der Waals surface area (Å²) in [6.45, 7) is 2.50. The molecule has 1 fully saturated rings. The van der Waals surface area contributed by atoms with Crippen molar-refractivity contribution < 1.29 is 9.90 Å². The van der Waals surface area contributed by atoms with E-state index in [0.29, 0.717) is 24.1 Å². The van der Waals surface area contributed by atoms with Gasteiger partial charge in [-0.15, -0.1) is 0 Å². The Balaban J connectivity index is 2.04. The van der Waals surface area contributed by atoms with Gasteiger partial charge >= 0.3 is 0 Å². The summed E-state index contributed by atoms with van der Waals surface area (Å²) in [5.41, 5.74) is 6.83. The molecule has 0 unspecified atom stereocenters. The first-order valence-electron chi connectivity index (χ1n) is 6.28. The molecule has 1 aliphatic rings. The van der Waals surface area contributed by atoms with Gasteiger partial charge in [-0.1, -0.05) is 12.1 Å².